The van der Waals surface area contributed by atoms with Gasteiger partial charge in [0.2, 0.25) is 0 Å². The molecule has 1 amide bonds. The van der Waals surface area contributed by atoms with Gasteiger partial charge in [-0.3, -0.25) is 14.7 Å². The van der Waals surface area contributed by atoms with Crippen LogP contribution in [-0.4, -0.2) is 64.8 Å². The summed E-state index contributed by atoms with van der Waals surface area (Å²) in [5, 5.41) is 12.6. The van der Waals surface area contributed by atoms with Gasteiger partial charge in [-0.05, 0) is 39.9 Å². The van der Waals surface area contributed by atoms with E-state index in [1.54, 1.807) is 0 Å². The summed E-state index contributed by atoms with van der Waals surface area (Å²) < 4.78 is 18.9. The van der Waals surface area contributed by atoms with E-state index < -0.39 is 6.29 Å². The molecule has 0 bridgehead atoms. The fourth-order valence-electron chi connectivity index (χ4n) is 6.47. The number of benzene rings is 4. The summed E-state index contributed by atoms with van der Waals surface area (Å²) >= 11 is 0. The van der Waals surface area contributed by atoms with Crippen molar-refractivity contribution in [3.05, 3.63) is 131 Å². The Morgan fingerprint density at radius 1 is 0.875 bits per heavy atom. The SMILES string of the molecule is C[C@@H]1[C@H](CN2CCOCC2)O[C@H](c2ccc(-c3ccccc3CNC(=O)c3cnc4ccccc4n3)cc2)O[C@@H]1c1ccc(CO)cc1. The third-order valence-corrected chi connectivity index (χ3v) is 9.30. The third kappa shape index (κ3) is 7.16. The van der Waals surface area contributed by atoms with Gasteiger partial charge < -0.3 is 24.6 Å². The van der Waals surface area contributed by atoms with E-state index in [1.165, 1.54) is 6.20 Å². The number of carbonyl (C=O) groups excluding carboxylic acids is 1. The second-order valence-corrected chi connectivity index (χ2v) is 12.4. The van der Waals surface area contributed by atoms with Gasteiger partial charge in [0.25, 0.3) is 5.91 Å². The van der Waals surface area contributed by atoms with E-state index in [0.717, 1.165) is 71.7 Å². The predicted octanol–water partition coefficient (Wildman–Crippen LogP) is 5.84. The summed E-state index contributed by atoms with van der Waals surface area (Å²) in [5.41, 5.74) is 7.65. The Morgan fingerprint density at radius 2 is 1.58 bits per heavy atom. The van der Waals surface area contributed by atoms with Gasteiger partial charge >= 0.3 is 0 Å². The lowest BCUT2D eigenvalue weighted by Crippen LogP contribution is -2.47. The molecule has 48 heavy (non-hydrogen) atoms. The van der Waals surface area contributed by atoms with Crippen molar-refractivity contribution in [2.24, 2.45) is 5.92 Å². The van der Waals surface area contributed by atoms with Crippen LogP contribution < -0.4 is 5.32 Å². The molecule has 0 unspecified atom stereocenters. The number of hydrogen-bond acceptors (Lipinski definition) is 8. The summed E-state index contributed by atoms with van der Waals surface area (Å²) in [5.74, 6) is -0.155. The molecule has 0 aliphatic carbocycles. The number of nitrogens with zero attached hydrogens (tertiary/aromatic N) is 3. The number of nitrogens with one attached hydrogen (secondary N) is 1. The normalized spacial score (nSPS) is 21.6. The molecular formula is C39H40N4O5. The monoisotopic (exact) mass is 644 g/mol. The van der Waals surface area contributed by atoms with Crippen LogP contribution in [0.3, 0.4) is 0 Å². The van der Waals surface area contributed by atoms with Crippen LogP contribution in [0.4, 0.5) is 0 Å². The highest BCUT2D eigenvalue weighted by atomic mass is 16.7. The van der Waals surface area contributed by atoms with Crippen LogP contribution in [0, 0.1) is 5.92 Å². The molecule has 1 aromatic heterocycles. The summed E-state index contributed by atoms with van der Waals surface area (Å²) in [6.45, 7) is 6.59. The minimum Gasteiger partial charge on any atom is -0.392 e. The van der Waals surface area contributed by atoms with Crippen molar-refractivity contribution in [3.8, 4) is 11.1 Å². The van der Waals surface area contributed by atoms with Crippen molar-refractivity contribution in [3.63, 3.8) is 0 Å². The second-order valence-electron chi connectivity index (χ2n) is 12.4. The summed E-state index contributed by atoms with van der Waals surface area (Å²) in [7, 11) is 0. The summed E-state index contributed by atoms with van der Waals surface area (Å²) in [6, 6.07) is 31.9. The average molecular weight is 645 g/mol. The number of aliphatic hydroxyl groups is 1. The van der Waals surface area contributed by atoms with Crippen LogP contribution in [0.15, 0.2) is 103 Å². The molecule has 246 valence electrons. The zero-order valence-electron chi connectivity index (χ0n) is 27.0. The number of carbonyl (C=O) groups is 1. The number of rotatable bonds is 9. The second kappa shape index (κ2) is 14.7. The van der Waals surface area contributed by atoms with Gasteiger partial charge in [-0.2, -0.15) is 0 Å². The first-order valence-electron chi connectivity index (χ1n) is 16.5. The molecule has 2 aliphatic heterocycles. The van der Waals surface area contributed by atoms with Crippen molar-refractivity contribution in [2.45, 2.75) is 38.6 Å². The van der Waals surface area contributed by atoms with Crippen LogP contribution in [-0.2, 0) is 27.4 Å². The van der Waals surface area contributed by atoms with Crippen molar-refractivity contribution in [1.29, 1.82) is 0 Å². The Balaban J connectivity index is 1.08. The number of hydrogen-bond donors (Lipinski definition) is 2. The minimum atomic E-state index is -0.540. The molecule has 2 fully saturated rings. The van der Waals surface area contributed by atoms with Crippen molar-refractivity contribution in [1.82, 2.24) is 20.2 Å². The topological polar surface area (TPSA) is 106 Å². The highest BCUT2D eigenvalue weighted by Crippen LogP contribution is 2.42. The van der Waals surface area contributed by atoms with Gasteiger partial charge in [-0.1, -0.05) is 91.9 Å². The van der Waals surface area contributed by atoms with Gasteiger partial charge in [0.15, 0.2) is 6.29 Å². The molecular weight excluding hydrogens is 604 g/mol. The van der Waals surface area contributed by atoms with Gasteiger partial charge in [-0.25, -0.2) is 4.98 Å². The fraction of sp³-hybridized carbons (Fsp3) is 0.308. The first kappa shape index (κ1) is 32.1. The van der Waals surface area contributed by atoms with Gasteiger partial charge in [-0.15, -0.1) is 0 Å². The van der Waals surface area contributed by atoms with E-state index in [0.29, 0.717) is 12.1 Å². The number of aromatic nitrogens is 2. The van der Waals surface area contributed by atoms with Gasteiger partial charge in [0.05, 0.1) is 49.3 Å². The highest BCUT2D eigenvalue weighted by molar-refractivity contribution is 5.93. The molecule has 9 nitrogen and oxygen atoms in total. The molecule has 4 aromatic carbocycles. The van der Waals surface area contributed by atoms with E-state index in [9.17, 15) is 9.90 Å². The largest absolute Gasteiger partial charge is 0.392 e. The molecule has 3 heterocycles. The van der Waals surface area contributed by atoms with E-state index in [-0.39, 0.29) is 36.3 Å². The first-order valence-corrected chi connectivity index (χ1v) is 16.5. The predicted molar refractivity (Wildman–Crippen MR) is 183 cm³/mol. The van der Waals surface area contributed by atoms with Gasteiger partial charge in [0, 0.05) is 37.7 Å². The molecule has 0 spiro atoms. The zero-order chi connectivity index (χ0) is 32.9. The number of fused-ring (bicyclic) bond motifs is 1. The number of para-hydroxylation sites is 2. The Hall–Kier alpha value is -4.51. The van der Waals surface area contributed by atoms with Crippen LogP contribution in [0.5, 0.6) is 0 Å². The standard InChI is InChI=1S/C39H40N4O5/c1-26-36(24-43-18-20-46-21-19-43)47-39(48-37(26)29-12-10-27(25-44)11-13-29)30-16-14-28(15-17-30)32-7-3-2-6-31(32)22-41-38(45)35-23-40-33-8-4-5-9-34(33)42-35/h2-17,23,26,36-37,39,44H,18-22,24-25H2,1H3,(H,41,45)/t26-,36+,37+,39+/m1/s1. The Kier molecular flexibility index (Phi) is 9.83. The van der Waals surface area contributed by atoms with Crippen LogP contribution in [0.1, 0.15) is 52.1 Å². The van der Waals surface area contributed by atoms with Crippen molar-refractivity contribution >= 4 is 16.9 Å². The van der Waals surface area contributed by atoms with E-state index in [2.05, 4.69) is 57.4 Å². The van der Waals surface area contributed by atoms with E-state index >= 15 is 0 Å². The molecule has 0 saturated carbocycles. The molecule has 9 heteroatoms. The molecule has 4 atom stereocenters. The Morgan fingerprint density at radius 3 is 2.35 bits per heavy atom. The maximum atomic E-state index is 13.0. The maximum Gasteiger partial charge on any atom is 0.271 e. The molecule has 2 saturated heterocycles. The fourth-order valence-corrected chi connectivity index (χ4v) is 6.47. The highest BCUT2D eigenvalue weighted by Gasteiger charge is 2.39. The number of aliphatic hydroxyl groups excluding tert-OH is 1. The number of amides is 1. The maximum absolute atomic E-state index is 13.0. The summed E-state index contributed by atoms with van der Waals surface area (Å²) in [6.07, 6.45) is 0.763. The van der Waals surface area contributed by atoms with Crippen molar-refractivity contribution in [2.75, 3.05) is 32.8 Å². The molecule has 2 N–H and O–H groups in total. The molecule has 5 aromatic rings. The lowest BCUT2D eigenvalue weighted by atomic mass is 9.90. The lowest BCUT2D eigenvalue weighted by molar-refractivity contribution is -0.277. The smallest absolute Gasteiger partial charge is 0.271 e. The van der Waals surface area contributed by atoms with Crippen molar-refractivity contribution < 1.29 is 24.1 Å². The van der Waals surface area contributed by atoms with Crippen LogP contribution in [0.25, 0.3) is 22.2 Å². The molecule has 7 rings (SSSR count). The van der Waals surface area contributed by atoms with Crippen LogP contribution in [0.2, 0.25) is 0 Å². The minimum absolute atomic E-state index is 0.00767. The molecule has 0 radical (unpaired) electrons. The van der Waals surface area contributed by atoms with Crippen LogP contribution >= 0.6 is 0 Å². The Labute approximate surface area is 280 Å². The van der Waals surface area contributed by atoms with E-state index in [1.807, 2.05) is 66.7 Å². The lowest BCUT2D eigenvalue weighted by Gasteiger charge is -2.43. The summed E-state index contributed by atoms with van der Waals surface area (Å²) in [4.78, 5) is 24.3. The number of morpholine rings is 1. The molecule has 2 aliphatic rings. The number of ether oxygens (including phenoxy) is 3. The zero-order valence-corrected chi connectivity index (χ0v) is 27.0. The first-order chi connectivity index (χ1) is 23.6. The van der Waals surface area contributed by atoms with E-state index in [4.69, 9.17) is 14.2 Å². The average Bonchev–Trinajstić information content (AvgIpc) is 3.15. The quantitative estimate of drug-likeness (QED) is 0.206. The Bertz CT molecular complexity index is 1840. The van der Waals surface area contributed by atoms with Gasteiger partial charge in [0.1, 0.15) is 5.69 Å². The third-order valence-electron chi connectivity index (χ3n) is 9.30.